The highest BCUT2D eigenvalue weighted by Gasteiger charge is 2.56. The van der Waals surface area contributed by atoms with Gasteiger partial charge < -0.3 is 34.0 Å². The lowest BCUT2D eigenvalue weighted by Crippen LogP contribution is -2.56. The van der Waals surface area contributed by atoms with Gasteiger partial charge in [0, 0.05) is 35.0 Å². The summed E-state index contributed by atoms with van der Waals surface area (Å²) in [5.74, 6) is -1.31. The molecule has 3 fully saturated rings. The van der Waals surface area contributed by atoms with Crippen LogP contribution in [0.5, 0.6) is 0 Å². The van der Waals surface area contributed by atoms with Gasteiger partial charge in [-0.05, 0) is 74.6 Å². The summed E-state index contributed by atoms with van der Waals surface area (Å²) in [6.45, 7) is 13.5. The van der Waals surface area contributed by atoms with Gasteiger partial charge in [0.25, 0.3) is 5.91 Å². The molecule has 4 heterocycles. The number of thiophene rings is 1. The molecular weight excluding hydrogens is 878 g/mol. The van der Waals surface area contributed by atoms with Crippen LogP contribution in [-0.4, -0.2) is 101 Å². The topological polar surface area (TPSA) is 162 Å². The molecule has 6 atom stereocenters. The second-order valence-corrected chi connectivity index (χ2v) is 20.9. The Bertz CT molecular complexity index is 2240. The van der Waals surface area contributed by atoms with Crippen molar-refractivity contribution in [3.63, 3.8) is 0 Å². The number of rotatable bonds is 16. The van der Waals surface area contributed by atoms with E-state index in [1.54, 1.807) is 23.6 Å². The maximum absolute atomic E-state index is 16.3. The zero-order chi connectivity index (χ0) is 45.5. The Morgan fingerprint density at radius 2 is 1.75 bits per heavy atom. The highest BCUT2D eigenvalue weighted by atomic mass is 32.2. The average Bonchev–Trinajstić information content (AvgIpc) is 3.99. The number of ether oxygens (including phenoxy) is 2. The summed E-state index contributed by atoms with van der Waals surface area (Å²) in [5, 5.41) is 2.89. The van der Waals surface area contributed by atoms with Crippen molar-refractivity contribution in [2.75, 3.05) is 32.2 Å². The van der Waals surface area contributed by atoms with E-state index in [0.717, 1.165) is 53.6 Å². The van der Waals surface area contributed by atoms with Crippen LogP contribution in [0.4, 0.5) is 13.6 Å². The number of carbonyl (C=O) groups is 5. The minimum absolute atomic E-state index is 0.0769. The van der Waals surface area contributed by atoms with Crippen molar-refractivity contribution in [3.05, 3.63) is 82.0 Å². The smallest absolute Gasteiger partial charge is 0.432 e. The van der Waals surface area contributed by atoms with E-state index in [2.05, 4.69) is 10.2 Å². The number of carbonyl (C=O) groups excluding carboxylic acids is 5. The zero-order valence-electron chi connectivity index (χ0n) is 35.7. The third-order valence-corrected chi connectivity index (χ3v) is 15.2. The number of benzene rings is 2. The van der Waals surface area contributed by atoms with E-state index in [0.29, 0.717) is 36.9 Å². The Hall–Kier alpha value is -4.40. The molecule has 1 N–H and O–H groups in total. The SMILES string of the molecule is [C-]#[N+][C@H]1CN(C(=O)[C@@H]2CC[C@@H]3CCCC[C@H](NC(=O)c4cc5cc(C(F)(F)P(=O)(OCCSC(=O)CC(C)C)OCOC(=O)OC(C)C)ccc5s4)C(=O)N32)C[C@@H]1c1ccccc1. The number of thioether (sulfide) groups is 1. The largest absolute Gasteiger partial charge is 0.510 e. The molecule has 0 radical (unpaired) electrons. The highest BCUT2D eigenvalue weighted by Crippen LogP contribution is 2.67. The molecule has 3 aliphatic heterocycles. The van der Waals surface area contributed by atoms with Gasteiger partial charge in [-0.1, -0.05) is 74.8 Å². The molecular formula is C44H53F2N4O10PS2. The molecule has 3 saturated heterocycles. The van der Waals surface area contributed by atoms with Crippen LogP contribution in [0.3, 0.4) is 0 Å². The van der Waals surface area contributed by atoms with Crippen LogP contribution < -0.4 is 5.32 Å². The molecule has 2 aromatic carbocycles. The summed E-state index contributed by atoms with van der Waals surface area (Å²) < 4.78 is 66.7. The highest BCUT2D eigenvalue weighted by molar-refractivity contribution is 8.13. The van der Waals surface area contributed by atoms with Crippen molar-refractivity contribution in [1.82, 2.24) is 15.1 Å². The fourth-order valence-electron chi connectivity index (χ4n) is 8.25. The van der Waals surface area contributed by atoms with Crippen molar-refractivity contribution in [3.8, 4) is 0 Å². The standard InChI is InChI=1S/C44H53F2N4O10PS2/c1-27(2)21-39(51)62-20-19-58-61(56,59-26-57-43(55)60-28(3)4)44(45,46)31-15-18-37-30(22-31)23-38(63-37)40(52)48-34-14-10-9-13-32-16-17-36(50(32)41(34)53)42(54)49-24-33(35(25-49)47-5)29-11-7-6-8-12-29/h6-8,11-12,15,18,22-23,27-28,32-36H,9-10,13-14,16-17,19-21,24-26H2,1-4H3,(H,48,52)/t32-,33+,34-,35-,36-,61?/m0/s1. The molecule has 63 heavy (non-hydrogen) atoms. The molecule has 340 valence electrons. The number of fused-ring (bicyclic) bond motifs is 2. The average molecular weight is 931 g/mol. The van der Waals surface area contributed by atoms with E-state index in [-0.39, 0.29) is 63.8 Å². The van der Waals surface area contributed by atoms with Crippen molar-refractivity contribution < 1.29 is 55.8 Å². The normalized spacial score (nSPS) is 22.6. The minimum atomic E-state index is -5.45. The molecule has 3 aliphatic rings. The van der Waals surface area contributed by atoms with Crippen LogP contribution >= 0.6 is 30.7 Å². The van der Waals surface area contributed by atoms with Crippen LogP contribution in [-0.2, 0) is 43.1 Å². The number of hydrogen-bond acceptors (Lipinski definition) is 12. The van der Waals surface area contributed by atoms with E-state index >= 15 is 8.78 Å². The molecule has 6 rings (SSSR count). The molecule has 3 aromatic rings. The van der Waals surface area contributed by atoms with Crippen LogP contribution in [0.25, 0.3) is 14.9 Å². The van der Waals surface area contributed by atoms with Crippen LogP contribution in [0.2, 0.25) is 0 Å². The minimum Gasteiger partial charge on any atom is -0.432 e. The second-order valence-electron chi connectivity index (χ2n) is 16.6. The zero-order valence-corrected chi connectivity index (χ0v) is 38.2. The van der Waals surface area contributed by atoms with Crippen LogP contribution in [0, 0.1) is 12.5 Å². The van der Waals surface area contributed by atoms with Crippen LogP contribution in [0.1, 0.15) is 99.4 Å². The Morgan fingerprint density at radius 1 is 1.00 bits per heavy atom. The van der Waals surface area contributed by atoms with Crippen molar-refractivity contribution in [1.29, 1.82) is 0 Å². The number of hydrogen-bond donors (Lipinski definition) is 1. The monoisotopic (exact) mass is 930 g/mol. The summed E-state index contributed by atoms with van der Waals surface area (Å²) in [6.07, 6.45) is 2.09. The fraction of sp³-hybridized carbons (Fsp3) is 0.545. The van der Waals surface area contributed by atoms with Gasteiger partial charge in [0.05, 0.1) is 30.1 Å². The van der Waals surface area contributed by atoms with E-state index < -0.39 is 68.5 Å². The van der Waals surface area contributed by atoms with Gasteiger partial charge in [0.2, 0.25) is 24.6 Å². The van der Waals surface area contributed by atoms with Gasteiger partial charge >= 0.3 is 19.4 Å². The Labute approximate surface area is 374 Å². The Kier molecular flexibility index (Phi) is 16.1. The Morgan fingerprint density at radius 3 is 2.46 bits per heavy atom. The summed E-state index contributed by atoms with van der Waals surface area (Å²) in [5.41, 5.74) is -4.07. The number of alkyl halides is 2. The van der Waals surface area contributed by atoms with Crippen LogP contribution in [0.15, 0.2) is 54.6 Å². The van der Waals surface area contributed by atoms with E-state index in [1.165, 1.54) is 12.1 Å². The first-order valence-corrected chi connectivity index (χ1v) is 24.5. The molecule has 0 spiro atoms. The summed E-state index contributed by atoms with van der Waals surface area (Å²) in [6, 6.07) is 12.2. The first-order chi connectivity index (χ1) is 30.0. The van der Waals surface area contributed by atoms with Gasteiger partial charge in [-0.25, -0.2) is 11.4 Å². The third-order valence-electron chi connectivity index (χ3n) is 11.3. The van der Waals surface area contributed by atoms with E-state index in [9.17, 15) is 28.5 Å². The number of likely N-dealkylation sites (tertiary alicyclic amines) is 1. The third kappa shape index (κ3) is 11.5. The molecule has 0 aliphatic carbocycles. The second kappa shape index (κ2) is 21.1. The molecule has 0 bridgehead atoms. The van der Waals surface area contributed by atoms with Crippen molar-refractivity contribution in [2.24, 2.45) is 5.92 Å². The van der Waals surface area contributed by atoms with Crippen molar-refractivity contribution in [2.45, 2.75) is 114 Å². The van der Waals surface area contributed by atoms with Gasteiger partial charge in [0.15, 0.2) is 5.12 Å². The fourth-order valence-corrected chi connectivity index (χ4v) is 11.5. The molecule has 3 amide bonds. The first kappa shape index (κ1) is 48.1. The van der Waals surface area contributed by atoms with E-state index in [4.69, 9.17) is 25.1 Å². The van der Waals surface area contributed by atoms with Gasteiger partial charge in [-0.15, -0.1) is 11.3 Å². The van der Waals surface area contributed by atoms with Gasteiger partial charge in [-0.3, -0.25) is 28.3 Å². The quantitative estimate of drug-likeness (QED) is 0.0480. The van der Waals surface area contributed by atoms with Gasteiger partial charge in [-0.2, -0.15) is 8.78 Å². The lowest BCUT2D eigenvalue weighted by atomic mass is 9.95. The molecule has 1 aromatic heterocycles. The summed E-state index contributed by atoms with van der Waals surface area (Å²) in [4.78, 5) is 73.7. The number of nitrogens with zero attached hydrogens (tertiary/aromatic N) is 3. The molecule has 1 unspecified atom stereocenters. The summed E-state index contributed by atoms with van der Waals surface area (Å²) in [7, 11) is -5.45. The maximum Gasteiger partial charge on any atom is 0.510 e. The van der Waals surface area contributed by atoms with E-state index in [1.807, 2.05) is 44.2 Å². The van der Waals surface area contributed by atoms with Gasteiger partial charge in [0.1, 0.15) is 12.1 Å². The molecule has 0 saturated carbocycles. The number of nitrogens with one attached hydrogen (secondary N) is 1. The predicted octanol–water partition coefficient (Wildman–Crippen LogP) is 8.95. The Balaban J connectivity index is 1.16. The first-order valence-electron chi connectivity index (χ1n) is 21.1. The maximum atomic E-state index is 16.3. The predicted molar refractivity (Wildman–Crippen MR) is 234 cm³/mol. The lowest BCUT2D eigenvalue weighted by molar-refractivity contribution is -0.146. The number of amides is 3. The molecule has 19 heteroatoms. The number of halogens is 2. The summed E-state index contributed by atoms with van der Waals surface area (Å²) >= 11 is 1.86. The lowest BCUT2D eigenvalue weighted by Gasteiger charge is -2.36. The molecule has 14 nitrogen and oxygen atoms in total. The van der Waals surface area contributed by atoms with Crippen molar-refractivity contribution >= 4 is 69.8 Å².